The zero-order valence-corrected chi connectivity index (χ0v) is 10.5. The number of benzene rings is 1. The lowest BCUT2D eigenvalue weighted by Gasteiger charge is -2.06. The van der Waals surface area contributed by atoms with Crippen molar-refractivity contribution >= 4 is 35.2 Å². The van der Waals surface area contributed by atoms with Crippen molar-refractivity contribution in [1.82, 2.24) is 4.90 Å². The Hall–Kier alpha value is -1.24. The molecule has 0 fully saturated rings. The molecule has 3 nitrogen and oxygen atoms in total. The highest BCUT2D eigenvalue weighted by Gasteiger charge is 2.06. The largest absolute Gasteiger partial charge is 0.369 e. The summed E-state index contributed by atoms with van der Waals surface area (Å²) >= 11 is 12.1. The van der Waals surface area contributed by atoms with E-state index in [0.717, 1.165) is 5.56 Å². The molecule has 5 heteroatoms. The van der Waals surface area contributed by atoms with Gasteiger partial charge in [-0.3, -0.25) is 0 Å². The lowest BCUT2D eigenvalue weighted by Crippen LogP contribution is -2.07. The molecule has 0 N–H and O–H groups in total. The topological polar surface area (TPSA) is 39.4 Å². The van der Waals surface area contributed by atoms with Crippen LogP contribution in [0, 0.1) is 11.3 Å². The molecule has 0 aliphatic rings. The van der Waals surface area contributed by atoms with Crippen LogP contribution in [0.5, 0.6) is 0 Å². The van der Waals surface area contributed by atoms with E-state index in [2.05, 4.69) is 4.99 Å². The van der Waals surface area contributed by atoms with Crippen LogP contribution in [0.3, 0.4) is 0 Å². The molecular formula is C11H11Cl2N3. The second-order valence-corrected chi connectivity index (χ2v) is 4.27. The predicted octanol–water partition coefficient (Wildman–Crippen LogP) is 3.28. The highest BCUT2D eigenvalue weighted by molar-refractivity contribution is 6.38. The van der Waals surface area contributed by atoms with Crippen LogP contribution in [0.4, 0.5) is 5.69 Å². The summed E-state index contributed by atoms with van der Waals surface area (Å²) in [4.78, 5) is 5.95. The van der Waals surface area contributed by atoms with Crippen LogP contribution in [0.1, 0.15) is 5.56 Å². The van der Waals surface area contributed by atoms with Gasteiger partial charge >= 0.3 is 0 Å². The third-order valence-corrected chi connectivity index (χ3v) is 2.35. The minimum atomic E-state index is 0.289. The van der Waals surface area contributed by atoms with Gasteiger partial charge in [0, 0.05) is 14.1 Å². The Bertz CT molecular complexity index is 424. The van der Waals surface area contributed by atoms with E-state index in [9.17, 15) is 0 Å². The molecule has 0 spiro atoms. The number of nitrogens with zero attached hydrogens (tertiary/aromatic N) is 3. The molecule has 1 aromatic rings. The fraction of sp³-hybridized carbons (Fsp3) is 0.273. The monoisotopic (exact) mass is 255 g/mol. The predicted molar refractivity (Wildman–Crippen MR) is 67.6 cm³/mol. The average Bonchev–Trinajstić information content (AvgIpc) is 2.16. The summed E-state index contributed by atoms with van der Waals surface area (Å²) in [6, 6.07) is 5.46. The molecule has 0 heterocycles. The summed E-state index contributed by atoms with van der Waals surface area (Å²) in [6.07, 6.45) is 1.91. The first-order valence-corrected chi connectivity index (χ1v) is 5.35. The molecule has 1 aromatic carbocycles. The van der Waals surface area contributed by atoms with Gasteiger partial charge in [0.25, 0.3) is 0 Å². The summed E-state index contributed by atoms with van der Waals surface area (Å²) < 4.78 is 0. The molecular weight excluding hydrogens is 245 g/mol. The molecule has 0 saturated heterocycles. The summed E-state index contributed by atoms with van der Waals surface area (Å²) in [5.41, 5.74) is 1.32. The zero-order chi connectivity index (χ0) is 12.1. The minimum absolute atomic E-state index is 0.289. The summed E-state index contributed by atoms with van der Waals surface area (Å²) in [5, 5.41) is 9.48. The van der Waals surface area contributed by atoms with Crippen LogP contribution >= 0.6 is 23.2 Å². The zero-order valence-electron chi connectivity index (χ0n) is 9.04. The highest BCUT2D eigenvalue weighted by atomic mass is 35.5. The first-order chi connectivity index (χ1) is 7.54. The van der Waals surface area contributed by atoms with Gasteiger partial charge in [0.05, 0.1) is 28.9 Å². The van der Waals surface area contributed by atoms with Crippen molar-refractivity contribution < 1.29 is 0 Å². The molecule has 0 aliphatic heterocycles. The van der Waals surface area contributed by atoms with Gasteiger partial charge in [0.2, 0.25) is 0 Å². The van der Waals surface area contributed by atoms with Crippen LogP contribution in [0.15, 0.2) is 17.1 Å². The summed E-state index contributed by atoms with van der Waals surface area (Å²) in [6.45, 7) is 0. The minimum Gasteiger partial charge on any atom is -0.369 e. The third kappa shape index (κ3) is 3.41. The second kappa shape index (κ2) is 5.74. The van der Waals surface area contributed by atoms with E-state index in [4.69, 9.17) is 28.5 Å². The van der Waals surface area contributed by atoms with Crippen molar-refractivity contribution in [2.45, 2.75) is 6.42 Å². The Balaban J connectivity index is 3.08. The van der Waals surface area contributed by atoms with E-state index in [1.54, 1.807) is 23.4 Å². The summed E-state index contributed by atoms with van der Waals surface area (Å²) in [5.74, 6) is 0. The standard InChI is InChI=1S/C11H11Cl2N3/c1-16(2)7-15-11-9(12)5-8(3-4-14)6-10(11)13/h5-7H,3H2,1-2H3/b15-7+. The van der Waals surface area contributed by atoms with Gasteiger partial charge in [-0.25, -0.2) is 4.99 Å². The molecule has 84 valence electrons. The first-order valence-electron chi connectivity index (χ1n) is 4.60. The molecule has 0 aromatic heterocycles. The fourth-order valence-corrected chi connectivity index (χ4v) is 1.74. The van der Waals surface area contributed by atoms with Gasteiger partial charge in [0.15, 0.2) is 0 Å². The highest BCUT2D eigenvalue weighted by Crippen LogP contribution is 2.34. The molecule has 0 aliphatic carbocycles. The van der Waals surface area contributed by atoms with Gasteiger partial charge in [-0.05, 0) is 17.7 Å². The van der Waals surface area contributed by atoms with Gasteiger partial charge < -0.3 is 4.90 Å². The van der Waals surface area contributed by atoms with Crippen LogP contribution < -0.4 is 0 Å². The number of aliphatic imine (C=N–C) groups is 1. The van der Waals surface area contributed by atoms with E-state index in [1.165, 1.54) is 0 Å². The van der Waals surface area contributed by atoms with Crippen LogP contribution in [0.2, 0.25) is 10.0 Å². The lowest BCUT2D eigenvalue weighted by molar-refractivity contribution is 0.643. The van der Waals surface area contributed by atoms with Crippen LogP contribution in [-0.2, 0) is 6.42 Å². The molecule has 0 saturated carbocycles. The SMILES string of the molecule is CN(C)/C=N/c1c(Cl)cc(CC#N)cc1Cl. The smallest absolute Gasteiger partial charge is 0.102 e. The van der Waals surface area contributed by atoms with Crippen molar-refractivity contribution in [1.29, 1.82) is 5.26 Å². The Morgan fingerprint density at radius 3 is 2.38 bits per heavy atom. The van der Waals surface area contributed by atoms with E-state index < -0.39 is 0 Å². The maximum absolute atomic E-state index is 8.57. The van der Waals surface area contributed by atoms with Crippen molar-refractivity contribution in [3.8, 4) is 6.07 Å². The van der Waals surface area contributed by atoms with Crippen LogP contribution in [-0.4, -0.2) is 25.3 Å². The quantitative estimate of drug-likeness (QED) is 0.615. The molecule has 0 unspecified atom stereocenters. The van der Waals surface area contributed by atoms with Crippen molar-refractivity contribution in [3.63, 3.8) is 0 Å². The average molecular weight is 256 g/mol. The van der Waals surface area contributed by atoms with Gasteiger partial charge in [-0.1, -0.05) is 23.2 Å². The summed E-state index contributed by atoms with van der Waals surface area (Å²) in [7, 11) is 3.71. The third-order valence-electron chi connectivity index (χ3n) is 1.78. The number of hydrogen-bond acceptors (Lipinski definition) is 2. The van der Waals surface area contributed by atoms with Crippen molar-refractivity contribution in [2.24, 2.45) is 4.99 Å². The Labute approximate surface area is 105 Å². The van der Waals surface area contributed by atoms with E-state index in [0.29, 0.717) is 15.7 Å². The maximum atomic E-state index is 8.57. The molecule has 0 atom stereocenters. The Morgan fingerprint density at radius 2 is 1.94 bits per heavy atom. The number of nitriles is 1. The second-order valence-electron chi connectivity index (χ2n) is 3.45. The van der Waals surface area contributed by atoms with Crippen molar-refractivity contribution in [2.75, 3.05) is 14.1 Å². The van der Waals surface area contributed by atoms with Crippen LogP contribution in [0.25, 0.3) is 0 Å². The number of hydrogen-bond donors (Lipinski definition) is 0. The molecule has 16 heavy (non-hydrogen) atoms. The van der Waals surface area contributed by atoms with Gasteiger partial charge in [-0.2, -0.15) is 5.26 Å². The molecule has 0 radical (unpaired) electrons. The lowest BCUT2D eigenvalue weighted by atomic mass is 10.1. The Kier molecular flexibility index (Phi) is 4.60. The van der Waals surface area contributed by atoms with Gasteiger partial charge in [0.1, 0.15) is 5.69 Å². The first kappa shape index (κ1) is 12.8. The molecule has 0 amide bonds. The normalized spacial score (nSPS) is 10.4. The van der Waals surface area contributed by atoms with E-state index in [-0.39, 0.29) is 6.42 Å². The number of halogens is 2. The fourth-order valence-electron chi connectivity index (χ4n) is 1.11. The van der Waals surface area contributed by atoms with Gasteiger partial charge in [-0.15, -0.1) is 0 Å². The van der Waals surface area contributed by atoms with E-state index >= 15 is 0 Å². The van der Waals surface area contributed by atoms with Crippen molar-refractivity contribution in [3.05, 3.63) is 27.7 Å². The molecule has 0 bridgehead atoms. The maximum Gasteiger partial charge on any atom is 0.102 e. The molecule has 1 rings (SSSR count). The number of rotatable bonds is 3. The Morgan fingerprint density at radius 1 is 1.38 bits per heavy atom. The van der Waals surface area contributed by atoms with E-state index in [1.807, 2.05) is 20.2 Å².